The predicted octanol–water partition coefficient (Wildman–Crippen LogP) is 0.838. The highest BCUT2D eigenvalue weighted by Crippen LogP contribution is 1.97. The van der Waals surface area contributed by atoms with Gasteiger partial charge in [0.25, 0.3) is 0 Å². The van der Waals surface area contributed by atoms with Crippen LogP contribution in [0.1, 0.15) is 0 Å². The van der Waals surface area contributed by atoms with Gasteiger partial charge in [0, 0.05) is 26.3 Å². The number of likely N-dealkylation sites (N-methyl/N-ethyl adjacent to an activating group) is 2. The van der Waals surface area contributed by atoms with Crippen LogP contribution in [0, 0.1) is 0 Å². The van der Waals surface area contributed by atoms with E-state index in [-0.39, 0.29) is 0 Å². The Hall–Kier alpha value is -0.150. The van der Waals surface area contributed by atoms with Crippen LogP contribution in [0.4, 0.5) is 0 Å². The van der Waals surface area contributed by atoms with Gasteiger partial charge in [0.05, 0.1) is 0 Å². The second kappa shape index (κ2) is 3.80. The average molecular weight is 146 g/mol. The molecule has 54 valence electrons. The molecule has 0 spiro atoms. The van der Waals surface area contributed by atoms with Crippen molar-refractivity contribution in [3.05, 3.63) is 12.3 Å². The zero-order valence-corrected chi connectivity index (χ0v) is 7.15. The molecule has 2 nitrogen and oxygen atoms in total. The molecule has 0 aliphatic rings. The highest BCUT2D eigenvalue weighted by atomic mass is 32.1. The molecule has 0 atom stereocenters. The summed E-state index contributed by atoms with van der Waals surface area (Å²) in [4.78, 5) is 1.98. The molecule has 0 amide bonds. The third kappa shape index (κ3) is 4.36. The molecule has 0 aliphatic heterocycles. The van der Waals surface area contributed by atoms with Crippen molar-refractivity contribution in [3.8, 4) is 0 Å². The van der Waals surface area contributed by atoms with Gasteiger partial charge in [-0.25, -0.2) is 0 Å². The summed E-state index contributed by atoms with van der Waals surface area (Å²) in [6.45, 7) is 4.63. The van der Waals surface area contributed by atoms with Crippen molar-refractivity contribution in [2.45, 2.75) is 0 Å². The molecule has 0 aromatic rings. The molecule has 0 rings (SSSR count). The molecule has 0 fully saturated rings. The van der Waals surface area contributed by atoms with E-state index < -0.39 is 0 Å². The Bertz CT molecular complexity index is 99.2. The molecule has 0 unspecified atom stereocenters. The molecule has 0 aliphatic carbocycles. The van der Waals surface area contributed by atoms with E-state index in [1.165, 1.54) is 0 Å². The van der Waals surface area contributed by atoms with Crippen LogP contribution in [0.2, 0.25) is 0 Å². The Morgan fingerprint density at radius 3 is 2.00 bits per heavy atom. The maximum absolute atomic E-state index is 4.08. The van der Waals surface area contributed by atoms with E-state index in [9.17, 15) is 0 Å². The normalized spacial score (nSPS) is 9.89. The highest BCUT2D eigenvalue weighted by Gasteiger charge is 1.96. The SMILES string of the molecule is C=C(CN(C)S)N(C)C. The second-order valence-electron chi connectivity index (χ2n) is 2.28. The fourth-order valence-corrected chi connectivity index (χ4v) is 0.569. The van der Waals surface area contributed by atoms with Gasteiger partial charge in [-0.15, -0.1) is 0 Å². The van der Waals surface area contributed by atoms with Crippen LogP contribution in [-0.2, 0) is 0 Å². The first-order chi connectivity index (χ1) is 4.04. The summed E-state index contributed by atoms with van der Waals surface area (Å²) in [5.74, 6) is 0. The van der Waals surface area contributed by atoms with E-state index in [1.807, 2.05) is 26.0 Å². The third-order valence-electron chi connectivity index (χ3n) is 1.04. The van der Waals surface area contributed by atoms with Gasteiger partial charge in [0.1, 0.15) is 0 Å². The monoisotopic (exact) mass is 146 g/mol. The topological polar surface area (TPSA) is 6.48 Å². The molecule has 0 saturated heterocycles. The van der Waals surface area contributed by atoms with Crippen molar-refractivity contribution >= 4 is 12.8 Å². The number of thiol groups is 1. The second-order valence-corrected chi connectivity index (χ2v) is 2.96. The summed E-state index contributed by atoms with van der Waals surface area (Å²) in [6, 6.07) is 0. The van der Waals surface area contributed by atoms with Crippen molar-refractivity contribution in [1.82, 2.24) is 9.21 Å². The third-order valence-corrected chi connectivity index (χ3v) is 1.19. The summed E-state index contributed by atoms with van der Waals surface area (Å²) >= 11 is 4.08. The van der Waals surface area contributed by atoms with E-state index >= 15 is 0 Å². The minimum absolute atomic E-state index is 0.802. The van der Waals surface area contributed by atoms with Crippen LogP contribution in [-0.4, -0.2) is 36.9 Å². The van der Waals surface area contributed by atoms with Crippen molar-refractivity contribution < 1.29 is 0 Å². The maximum Gasteiger partial charge on any atom is 0.0478 e. The van der Waals surface area contributed by atoms with Crippen LogP contribution in [0.15, 0.2) is 12.3 Å². The molecule has 0 aromatic carbocycles. The minimum atomic E-state index is 0.802. The number of nitrogens with zero attached hydrogens (tertiary/aromatic N) is 2. The molecule has 0 bridgehead atoms. The fourth-order valence-electron chi connectivity index (χ4n) is 0.406. The van der Waals surface area contributed by atoms with Gasteiger partial charge in [-0.1, -0.05) is 19.4 Å². The van der Waals surface area contributed by atoms with Gasteiger partial charge in [-0.2, -0.15) is 0 Å². The van der Waals surface area contributed by atoms with Crippen LogP contribution in [0.3, 0.4) is 0 Å². The summed E-state index contributed by atoms with van der Waals surface area (Å²) in [6.07, 6.45) is 0. The van der Waals surface area contributed by atoms with Gasteiger partial charge in [-0.3, -0.25) is 4.31 Å². The molecular weight excluding hydrogens is 132 g/mol. The lowest BCUT2D eigenvalue weighted by atomic mass is 10.4. The van der Waals surface area contributed by atoms with Crippen LogP contribution < -0.4 is 0 Å². The van der Waals surface area contributed by atoms with Crippen molar-refractivity contribution in [1.29, 1.82) is 0 Å². The predicted molar refractivity (Wildman–Crippen MR) is 44.4 cm³/mol. The van der Waals surface area contributed by atoms with Crippen LogP contribution >= 0.6 is 12.8 Å². The van der Waals surface area contributed by atoms with Crippen LogP contribution in [0.5, 0.6) is 0 Å². The smallest absolute Gasteiger partial charge is 0.0478 e. The van der Waals surface area contributed by atoms with Crippen LogP contribution in [0.25, 0.3) is 0 Å². The molecule has 0 saturated carbocycles. The average Bonchev–Trinajstić information content (AvgIpc) is 1.63. The lowest BCUT2D eigenvalue weighted by Crippen LogP contribution is -2.19. The Balaban J connectivity index is 3.51. The standard InChI is InChI=1S/C6H14N2S/c1-6(7(2)3)5-8(4)9/h9H,1,5H2,2-4H3. The van der Waals surface area contributed by atoms with Crippen molar-refractivity contribution in [3.63, 3.8) is 0 Å². The Kier molecular flexibility index (Phi) is 3.73. The van der Waals surface area contributed by atoms with Gasteiger partial charge in [0.15, 0.2) is 0 Å². The molecular formula is C6H14N2S. The van der Waals surface area contributed by atoms with Crippen molar-refractivity contribution in [2.24, 2.45) is 0 Å². The Labute approximate surface area is 62.7 Å². The number of rotatable bonds is 3. The van der Waals surface area contributed by atoms with Gasteiger partial charge >= 0.3 is 0 Å². The summed E-state index contributed by atoms with van der Waals surface area (Å²) < 4.78 is 1.79. The zero-order valence-electron chi connectivity index (χ0n) is 6.26. The molecule has 9 heavy (non-hydrogen) atoms. The van der Waals surface area contributed by atoms with Gasteiger partial charge in [-0.05, 0) is 7.05 Å². The van der Waals surface area contributed by atoms with Gasteiger partial charge < -0.3 is 4.90 Å². The molecule has 0 aromatic heterocycles. The first-order valence-electron chi connectivity index (χ1n) is 2.79. The molecule has 0 heterocycles. The summed E-state index contributed by atoms with van der Waals surface area (Å²) in [5, 5.41) is 0. The lowest BCUT2D eigenvalue weighted by Gasteiger charge is -2.18. The summed E-state index contributed by atoms with van der Waals surface area (Å²) in [5.41, 5.74) is 1.06. The number of hydrogen-bond acceptors (Lipinski definition) is 3. The van der Waals surface area contributed by atoms with E-state index in [4.69, 9.17) is 0 Å². The van der Waals surface area contributed by atoms with E-state index in [0.717, 1.165) is 12.2 Å². The first kappa shape index (κ1) is 8.85. The summed E-state index contributed by atoms with van der Waals surface area (Å²) in [7, 11) is 5.84. The molecule has 0 N–H and O–H groups in total. The van der Waals surface area contributed by atoms with Crippen molar-refractivity contribution in [2.75, 3.05) is 27.7 Å². The fraction of sp³-hybridized carbons (Fsp3) is 0.667. The molecule has 0 radical (unpaired) electrons. The van der Waals surface area contributed by atoms with E-state index in [2.05, 4.69) is 19.4 Å². The maximum atomic E-state index is 4.08. The molecule has 3 heteroatoms. The lowest BCUT2D eigenvalue weighted by molar-refractivity contribution is 0.457. The largest absolute Gasteiger partial charge is 0.380 e. The number of hydrogen-bond donors (Lipinski definition) is 1. The zero-order chi connectivity index (χ0) is 7.44. The Morgan fingerprint density at radius 2 is 1.89 bits per heavy atom. The van der Waals surface area contributed by atoms with E-state index in [1.54, 1.807) is 4.31 Å². The highest BCUT2D eigenvalue weighted by molar-refractivity contribution is 7.77. The Morgan fingerprint density at radius 1 is 1.44 bits per heavy atom. The van der Waals surface area contributed by atoms with E-state index in [0.29, 0.717) is 0 Å². The van der Waals surface area contributed by atoms with Gasteiger partial charge in [0.2, 0.25) is 0 Å². The quantitative estimate of drug-likeness (QED) is 0.589. The minimum Gasteiger partial charge on any atom is -0.380 e. The first-order valence-corrected chi connectivity index (χ1v) is 3.19.